The van der Waals surface area contributed by atoms with Crippen LogP contribution < -0.4 is 5.32 Å². The molecule has 0 aromatic heterocycles. The first-order valence-corrected chi connectivity index (χ1v) is 7.07. The summed E-state index contributed by atoms with van der Waals surface area (Å²) in [7, 11) is 0. The van der Waals surface area contributed by atoms with E-state index < -0.39 is 0 Å². The Kier molecular flexibility index (Phi) is 4.42. The largest absolute Gasteiger partial charge is 0.316 e. The van der Waals surface area contributed by atoms with E-state index >= 15 is 0 Å². The molecule has 1 atom stereocenters. The summed E-state index contributed by atoms with van der Waals surface area (Å²) in [6.45, 7) is 4.36. The standard InChI is InChI=1S/C14H20BrN/c1-2-16-10-13(11-6-5-7-11)12-8-3-4-9-14(12)15/h3-4,8-9,11,13,16H,2,5-7,10H2,1H3. The zero-order valence-corrected chi connectivity index (χ0v) is 11.5. The average Bonchev–Trinajstić information content (AvgIpc) is 2.22. The first-order chi connectivity index (χ1) is 7.83. The van der Waals surface area contributed by atoms with E-state index in [4.69, 9.17) is 0 Å². The number of hydrogen-bond acceptors (Lipinski definition) is 1. The summed E-state index contributed by atoms with van der Waals surface area (Å²) in [5.41, 5.74) is 1.48. The molecule has 88 valence electrons. The summed E-state index contributed by atoms with van der Waals surface area (Å²) >= 11 is 3.68. The van der Waals surface area contributed by atoms with E-state index in [1.807, 2.05) is 0 Å². The quantitative estimate of drug-likeness (QED) is 0.862. The average molecular weight is 282 g/mol. The van der Waals surface area contributed by atoms with Crippen molar-refractivity contribution in [2.24, 2.45) is 5.92 Å². The molecule has 1 unspecified atom stereocenters. The van der Waals surface area contributed by atoms with Crippen LogP contribution >= 0.6 is 15.9 Å². The van der Waals surface area contributed by atoms with Crippen LogP contribution in [-0.4, -0.2) is 13.1 Å². The van der Waals surface area contributed by atoms with E-state index in [2.05, 4.69) is 52.4 Å². The summed E-state index contributed by atoms with van der Waals surface area (Å²) in [6, 6.07) is 8.67. The lowest BCUT2D eigenvalue weighted by Gasteiger charge is -2.34. The third kappa shape index (κ3) is 2.67. The third-order valence-corrected chi connectivity index (χ3v) is 4.36. The third-order valence-electron chi connectivity index (χ3n) is 3.64. The van der Waals surface area contributed by atoms with Crippen molar-refractivity contribution in [1.29, 1.82) is 0 Å². The van der Waals surface area contributed by atoms with Crippen LogP contribution in [0.5, 0.6) is 0 Å². The van der Waals surface area contributed by atoms with Crippen LogP contribution in [0.15, 0.2) is 28.7 Å². The van der Waals surface area contributed by atoms with Crippen molar-refractivity contribution < 1.29 is 0 Å². The fraction of sp³-hybridized carbons (Fsp3) is 0.571. The highest BCUT2D eigenvalue weighted by molar-refractivity contribution is 9.10. The van der Waals surface area contributed by atoms with E-state index in [-0.39, 0.29) is 0 Å². The summed E-state index contributed by atoms with van der Waals surface area (Å²) in [6.07, 6.45) is 4.21. The van der Waals surface area contributed by atoms with Crippen LogP contribution in [0.3, 0.4) is 0 Å². The summed E-state index contributed by atoms with van der Waals surface area (Å²) in [5, 5.41) is 3.50. The zero-order valence-electron chi connectivity index (χ0n) is 9.88. The molecule has 0 heterocycles. The van der Waals surface area contributed by atoms with Gasteiger partial charge >= 0.3 is 0 Å². The van der Waals surface area contributed by atoms with Gasteiger partial charge in [-0.2, -0.15) is 0 Å². The van der Waals surface area contributed by atoms with Gasteiger partial charge in [-0.15, -0.1) is 0 Å². The van der Waals surface area contributed by atoms with E-state index in [1.54, 1.807) is 0 Å². The Morgan fingerprint density at radius 2 is 2.12 bits per heavy atom. The van der Waals surface area contributed by atoms with Gasteiger partial charge in [0.1, 0.15) is 0 Å². The summed E-state index contributed by atoms with van der Waals surface area (Å²) in [5.74, 6) is 1.57. The molecule has 1 saturated carbocycles. The van der Waals surface area contributed by atoms with Gasteiger partial charge in [0, 0.05) is 16.9 Å². The van der Waals surface area contributed by atoms with Gasteiger partial charge < -0.3 is 5.32 Å². The van der Waals surface area contributed by atoms with Gasteiger partial charge in [0.2, 0.25) is 0 Å². The second kappa shape index (κ2) is 5.83. The molecule has 1 aliphatic rings. The molecule has 2 heteroatoms. The Morgan fingerprint density at radius 3 is 2.69 bits per heavy atom. The first kappa shape index (κ1) is 12.1. The summed E-state index contributed by atoms with van der Waals surface area (Å²) < 4.78 is 1.27. The van der Waals surface area contributed by atoms with E-state index in [0.29, 0.717) is 5.92 Å². The van der Waals surface area contributed by atoms with Gasteiger partial charge in [-0.3, -0.25) is 0 Å². The molecule has 1 fully saturated rings. The lowest BCUT2D eigenvalue weighted by molar-refractivity contribution is 0.255. The Morgan fingerprint density at radius 1 is 1.38 bits per heavy atom. The van der Waals surface area contributed by atoms with Crippen molar-refractivity contribution in [3.05, 3.63) is 34.3 Å². The van der Waals surface area contributed by atoms with Gasteiger partial charge in [0.05, 0.1) is 0 Å². The van der Waals surface area contributed by atoms with Crippen LogP contribution in [0.2, 0.25) is 0 Å². The maximum Gasteiger partial charge on any atom is 0.0210 e. The van der Waals surface area contributed by atoms with Crippen molar-refractivity contribution in [3.63, 3.8) is 0 Å². The molecule has 0 spiro atoms. The smallest absolute Gasteiger partial charge is 0.0210 e. The normalized spacial score (nSPS) is 18.1. The highest BCUT2D eigenvalue weighted by Gasteiger charge is 2.28. The number of nitrogens with one attached hydrogen (secondary N) is 1. The topological polar surface area (TPSA) is 12.0 Å². The van der Waals surface area contributed by atoms with Gasteiger partial charge in [-0.05, 0) is 36.9 Å². The fourth-order valence-electron chi connectivity index (χ4n) is 2.45. The molecule has 2 rings (SSSR count). The Bertz CT molecular complexity index is 333. The van der Waals surface area contributed by atoms with Crippen LogP contribution in [0.4, 0.5) is 0 Å². The van der Waals surface area contributed by atoms with Gasteiger partial charge in [-0.1, -0.05) is 47.5 Å². The molecule has 16 heavy (non-hydrogen) atoms. The van der Waals surface area contributed by atoms with Crippen LogP contribution in [0, 0.1) is 5.92 Å². The maximum absolute atomic E-state index is 3.68. The van der Waals surface area contributed by atoms with Crippen molar-refractivity contribution >= 4 is 15.9 Å². The lowest BCUT2D eigenvalue weighted by atomic mass is 9.73. The minimum Gasteiger partial charge on any atom is -0.316 e. The lowest BCUT2D eigenvalue weighted by Crippen LogP contribution is -2.30. The molecular weight excluding hydrogens is 262 g/mol. The number of benzene rings is 1. The number of rotatable bonds is 5. The SMILES string of the molecule is CCNCC(c1ccccc1Br)C1CCC1. The predicted octanol–water partition coefficient (Wildman–Crippen LogP) is 3.94. The van der Waals surface area contributed by atoms with Crippen molar-refractivity contribution in [2.75, 3.05) is 13.1 Å². The van der Waals surface area contributed by atoms with Crippen LogP contribution in [0.25, 0.3) is 0 Å². The molecule has 0 bridgehead atoms. The number of hydrogen-bond donors (Lipinski definition) is 1. The second-order valence-corrected chi connectivity index (χ2v) is 5.48. The Hall–Kier alpha value is -0.340. The van der Waals surface area contributed by atoms with Gasteiger partial charge in [0.25, 0.3) is 0 Å². The van der Waals surface area contributed by atoms with E-state index in [9.17, 15) is 0 Å². The maximum atomic E-state index is 3.68. The summed E-state index contributed by atoms with van der Waals surface area (Å²) in [4.78, 5) is 0. The monoisotopic (exact) mass is 281 g/mol. The number of likely N-dealkylation sites (N-methyl/N-ethyl adjacent to an activating group) is 1. The minimum absolute atomic E-state index is 0.685. The van der Waals surface area contributed by atoms with Crippen molar-refractivity contribution in [3.8, 4) is 0 Å². The fourth-order valence-corrected chi connectivity index (χ4v) is 3.03. The molecule has 0 radical (unpaired) electrons. The van der Waals surface area contributed by atoms with Crippen LogP contribution in [0.1, 0.15) is 37.7 Å². The molecule has 0 amide bonds. The Labute approximate surface area is 107 Å². The predicted molar refractivity (Wildman–Crippen MR) is 72.8 cm³/mol. The molecule has 0 aliphatic heterocycles. The Balaban J connectivity index is 2.13. The molecule has 0 saturated heterocycles. The van der Waals surface area contributed by atoms with Gasteiger partial charge in [0.15, 0.2) is 0 Å². The molecular formula is C14H20BrN. The van der Waals surface area contributed by atoms with Gasteiger partial charge in [-0.25, -0.2) is 0 Å². The molecule has 1 aliphatic carbocycles. The molecule has 1 aromatic carbocycles. The highest BCUT2D eigenvalue weighted by Crippen LogP contribution is 2.41. The number of halogens is 1. The van der Waals surface area contributed by atoms with Crippen molar-refractivity contribution in [2.45, 2.75) is 32.1 Å². The zero-order chi connectivity index (χ0) is 11.4. The second-order valence-electron chi connectivity index (χ2n) is 4.63. The van der Waals surface area contributed by atoms with E-state index in [1.165, 1.54) is 29.3 Å². The molecule has 1 aromatic rings. The molecule has 1 N–H and O–H groups in total. The van der Waals surface area contributed by atoms with Crippen LogP contribution in [-0.2, 0) is 0 Å². The minimum atomic E-state index is 0.685. The first-order valence-electron chi connectivity index (χ1n) is 6.28. The van der Waals surface area contributed by atoms with E-state index in [0.717, 1.165) is 19.0 Å². The molecule has 1 nitrogen and oxygen atoms in total. The van der Waals surface area contributed by atoms with Crippen molar-refractivity contribution in [1.82, 2.24) is 5.32 Å². The highest BCUT2D eigenvalue weighted by atomic mass is 79.9.